The highest BCUT2D eigenvalue weighted by Crippen LogP contribution is 2.60. The molecule has 3 N–H and O–H groups in total. The summed E-state index contributed by atoms with van der Waals surface area (Å²) in [6.45, 7) is 0. The fraction of sp³-hybridized carbons (Fsp3) is 0.474. The molecule has 0 saturated heterocycles. The van der Waals surface area contributed by atoms with E-state index in [4.69, 9.17) is 0 Å². The van der Waals surface area contributed by atoms with Gasteiger partial charge in [0.2, 0.25) is 0 Å². The van der Waals surface area contributed by atoms with Gasteiger partial charge < -0.3 is 15.4 Å². The zero-order valence-electron chi connectivity index (χ0n) is 14.7. The number of H-pyrrole nitrogens is 1. The molecule has 3 aromatic rings. The number of carbonyl (C=O) groups excluding carboxylic acids is 1. The first kappa shape index (κ1) is 15.3. The summed E-state index contributed by atoms with van der Waals surface area (Å²) in [4.78, 5) is 28.8. The molecular weight excluding hydrogens is 344 g/mol. The van der Waals surface area contributed by atoms with Gasteiger partial charge in [-0.15, -0.1) is 0 Å². The number of pyridine rings is 1. The van der Waals surface area contributed by atoms with Crippen LogP contribution < -0.4 is 5.32 Å². The molecular formula is C19H20N6O2. The Balaban J connectivity index is 1.43. The lowest BCUT2D eigenvalue weighted by molar-refractivity contribution is -0.0140. The van der Waals surface area contributed by atoms with E-state index in [-0.39, 0.29) is 11.9 Å². The Morgan fingerprint density at radius 3 is 3.00 bits per heavy atom. The van der Waals surface area contributed by atoms with E-state index in [0.29, 0.717) is 34.5 Å². The number of nitrogens with one attached hydrogen (secondary N) is 2. The average Bonchev–Trinajstić information content (AvgIpc) is 3.40. The van der Waals surface area contributed by atoms with Crippen LogP contribution in [-0.2, 0) is 0 Å². The van der Waals surface area contributed by atoms with Crippen LogP contribution in [0.4, 0.5) is 5.69 Å². The number of hydrogen-bond donors (Lipinski definition) is 3. The normalized spacial score (nSPS) is 33.8. The highest BCUT2D eigenvalue weighted by atomic mass is 16.3. The van der Waals surface area contributed by atoms with Crippen molar-refractivity contribution in [1.82, 2.24) is 24.5 Å². The Labute approximate surface area is 155 Å². The number of rotatable bonds is 3. The van der Waals surface area contributed by atoms with Gasteiger partial charge >= 0.3 is 0 Å². The summed E-state index contributed by atoms with van der Waals surface area (Å²) < 4.78 is 1.45. The molecule has 4 aliphatic rings. The topological polar surface area (TPSA) is 109 Å². The molecule has 0 aromatic carbocycles. The molecule has 8 nitrogen and oxygen atoms in total. The first-order valence-electron chi connectivity index (χ1n) is 9.45. The molecule has 3 heterocycles. The molecule has 4 fully saturated rings. The predicted octanol–water partition coefficient (Wildman–Crippen LogP) is 1.80. The minimum absolute atomic E-state index is 0.182. The van der Waals surface area contributed by atoms with Crippen LogP contribution in [0.3, 0.4) is 0 Å². The van der Waals surface area contributed by atoms with Crippen molar-refractivity contribution in [3.63, 3.8) is 0 Å². The van der Waals surface area contributed by atoms with Crippen molar-refractivity contribution in [2.75, 3.05) is 5.32 Å². The molecule has 7 rings (SSSR count). The molecule has 0 spiro atoms. The Hall–Kier alpha value is -2.74. The van der Waals surface area contributed by atoms with Crippen LogP contribution in [0, 0.1) is 17.8 Å². The van der Waals surface area contributed by atoms with Gasteiger partial charge in [0.05, 0.1) is 23.2 Å². The van der Waals surface area contributed by atoms with Gasteiger partial charge in [-0.25, -0.2) is 15.0 Å². The van der Waals surface area contributed by atoms with Crippen molar-refractivity contribution >= 4 is 22.8 Å². The van der Waals surface area contributed by atoms with E-state index in [2.05, 4.69) is 25.3 Å². The molecule has 1 unspecified atom stereocenters. The molecule has 0 aliphatic heterocycles. The van der Waals surface area contributed by atoms with Crippen LogP contribution in [-0.4, -0.2) is 47.2 Å². The minimum atomic E-state index is -0.466. The number of imidazole rings is 2. The van der Waals surface area contributed by atoms with Gasteiger partial charge in [-0.05, 0) is 43.4 Å². The predicted molar refractivity (Wildman–Crippen MR) is 97.1 cm³/mol. The molecule has 4 bridgehead atoms. The number of aliphatic hydroxyl groups is 1. The molecule has 8 heteroatoms. The largest absolute Gasteiger partial charge is 0.390 e. The second-order valence-corrected chi connectivity index (χ2v) is 8.35. The number of nitrogens with zero attached hydrogens (tertiary/aromatic N) is 4. The Morgan fingerprint density at radius 1 is 1.30 bits per heavy atom. The van der Waals surface area contributed by atoms with Gasteiger partial charge in [0.15, 0.2) is 5.65 Å². The fourth-order valence-electron chi connectivity index (χ4n) is 5.86. The summed E-state index contributed by atoms with van der Waals surface area (Å²) in [7, 11) is 0. The van der Waals surface area contributed by atoms with E-state index in [1.165, 1.54) is 10.9 Å². The second-order valence-electron chi connectivity index (χ2n) is 8.35. The summed E-state index contributed by atoms with van der Waals surface area (Å²) in [5, 5.41) is 14.4. The Bertz CT molecular complexity index is 1040. The maximum Gasteiger partial charge on any atom is 0.266 e. The van der Waals surface area contributed by atoms with E-state index in [0.717, 1.165) is 31.4 Å². The van der Waals surface area contributed by atoms with Crippen molar-refractivity contribution in [1.29, 1.82) is 0 Å². The molecule has 0 amide bonds. The Morgan fingerprint density at radius 2 is 2.19 bits per heavy atom. The number of aromatic amines is 1. The summed E-state index contributed by atoms with van der Waals surface area (Å²) in [5.74, 6) is 1.28. The molecule has 4 aliphatic carbocycles. The summed E-state index contributed by atoms with van der Waals surface area (Å²) in [5.41, 5.74) is 2.09. The third kappa shape index (κ3) is 2.13. The van der Waals surface area contributed by atoms with Crippen molar-refractivity contribution in [2.45, 2.75) is 37.3 Å². The quantitative estimate of drug-likeness (QED) is 0.654. The summed E-state index contributed by atoms with van der Waals surface area (Å²) >= 11 is 0. The number of carbonyl (C=O) groups is 1. The average molecular weight is 364 g/mol. The summed E-state index contributed by atoms with van der Waals surface area (Å²) in [6.07, 6.45) is 11.7. The third-order valence-electron chi connectivity index (χ3n) is 6.81. The van der Waals surface area contributed by atoms with Gasteiger partial charge in [-0.3, -0.25) is 9.36 Å². The van der Waals surface area contributed by atoms with Gasteiger partial charge in [0.1, 0.15) is 11.8 Å². The standard InChI is InChI=1S/C19H20N6O2/c26-18(25-2-1-20-9-25)13-7-21-17-16(22-8-23-17)15(13)24-14-11-3-10-4-19(27,5-11)6-12(10)14/h1-2,7-12,14,27H,3-6H2,(H2,21,22,23,24)/t10?,11-,12-,14+,19-/m0/s1. The maximum absolute atomic E-state index is 13.0. The van der Waals surface area contributed by atoms with E-state index >= 15 is 0 Å². The number of fused-ring (bicyclic) bond motifs is 1. The zero-order chi connectivity index (χ0) is 18.2. The van der Waals surface area contributed by atoms with Crippen molar-refractivity contribution in [3.05, 3.63) is 36.8 Å². The van der Waals surface area contributed by atoms with Gasteiger partial charge in [-0.2, -0.15) is 0 Å². The smallest absolute Gasteiger partial charge is 0.266 e. The molecule has 3 aromatic heterocycles. The van der Waals surface area contributed by atoms with Crippen molar-refractivity contribution in [3.8, 4) is 0 Å². The first-order chi connectivity index (χ1) is 13.1. The van der Waals surface area contributed by atoms with E-state index in [9.17, 15) is 9.90 Å². The lowest BCUT2D eigenvalue weighted by Gasteiger charge is -2.38. The third-order valence-corrected chi connectivity index (χ3v) is 6.81. The number of anilines is 1. The van der Waals surface area contributed by atoms with Crippen molar-refractivity contribution in [2.24, 2.45) is 17.8 Å². The van der Waals surface area contributed by atoms with Gasteiger partial charge in [0.25, 0.3) is 5.91 Å². The number of aromatic nitrogens is 5. The lowest BCUT2D eigenvalue weighted by Crippen LogP contribution is -2.43. The fourth-order valence-corrected chi connectivity index (χ4v) is 5.86. The van der Waals surface area contributed by atoms with Crippen LogP contribution in [0.25, 0.3) is 11.2 Å². The van der Waals surface area contributed by atoms with Gasteiger partial charge in [0, 0.05) is 24.6 Å². The monoisotopic (exact) mass is 364 g/mol. The zero-order valence-corrected chi connectivity index (χ0v) is 14.7. The molecule has 4 saturated carbocycles. The molecule has 5 atom stereocenters. The molecule has 27 heavy (non-hydrogen) atoms. The highest BCUT2D eigenvalue weighted by molar-refractivity contribution is 6.06. The number of hydrogen-bond acceptors (Lipinski definition) is 6. The van der Waals surface area contributed by atoms with Gasteiger partial charge in [-0.1, -0.05) is 0 Å². The summed E-state index contributed by atoms with van der Waals surface area (Å²) in [6, 6.07) is 0.259. The second kappa shape index (κ2) is 5.16. The first-order valence-corrected chi connectivity index (χ1v) is 9.45. The van der Waals surface area contributed by atoms with E-state index in [1.807, 2.05) is 0 Å². The maximum atomic E-state index is 13.0. The molecule has 0 radical (unpaired) electrons. The van der Waals surface area contributed by atoms with Crippen LogP contribution in [0.15, 0.2) is 31.2 Å². The van der Waals surface area contributed by atoms with Crippen LogP contribution in [0.1, 0.15) is 36.0 Å². The van der Waals surface area contributed by atoms with Crippen LogP contribution >= 0.6 is 0 Å². The Kier molecular flexibility index (Phi) is 2.93. The SMILES string of the molecule is O=C(c1cnc2[nH]cnc2c1N[C@@H]1[C@H]2CC3C[C@](O)(C2)C[C@@H]31)n1ccnc1. The van der Waals surface area contributed by atoms with Crippen molar-refractivity contribution < 1.29 is 9.90 Å². The van der Waals surface area contributed by atoms with Crippen LogP contribution in [0.2, 0.25) is 0 Å². The van der Waals surface area contributed by atoms with E-state index in [1.54, 1.807) is 24.9 Å². The molecule has 138 valence electrons. The minimum Gasteiger partial charge on any atom is -0.390 e. The highest BCUT2D eigenvalue weighted by Gasteiger charge is 2.60. The van der Waals surface area contributed by atoms with E-state index < -0.39 is 5.60 Å². The lowest BCUT2D eigenvalue weighted by atomic mass is 9.76. The van der Waals surface area contributed by atoms with Crippen LogP contribution in [0.5, 0.6) is 0 Å².